The van der Waals surface area contributed by atoms with Crippen LogP contribution in [-0.2, 0) is 24.2 Å². The van der Waals surface area contributed by atoms with Gasteiger partial charge >= 0.3 is 0 Å². The summed E-state index contributed by atoms with van der Waals surface area (Å²) in [6, 6.07) is 23.1. The van der Waals surface area contributed by atoms with Crippen LogP contribution in [0.3, 0.4) is 0 Å². The number of carbonyl (C=O) groups is 2. The number of benzene rings is 3. The topological polar surface area (TPSA) is 72.9 Å². The quantitative estimate of drug-likeness (QED) is 0.466. The Balaban J connectivity index is 1.56. The molecule has 0 bridgehead atoms. The zero-order valence-electron chi connectivity index (χ0n) is 21.6. The molecule has 0 saturated carbocycles. The number of carbonyl (C=O) groups excluding carboxylic acids is 2. The average Bonchev–Trinajstić information content (AvgIpc) is 3.34. The molecule has 1 aliphatic carbocycles. The van der Waals surface area contributed by atoms with Crippen LogP contribution in [-0.4, -0.2) is 59.9 Å². The first-order valence-corrected chi connectivity index (χ1v) is 13.1. The van der Waals surface area contributed by atoms with Crippen molar-refractivity contribution < 1.29 is 14.7 Å². The fourth-order valence-electron chi connectivity index (χ4n) is 5.86. The van der Waals surface area contributed by atoms with Crippen molar-refractivity contribution in [2.45, 2.75) is 43.9 Å². The summed E-state index contributed by atoms with van der Waals surface area (Å²) < 4.78 is 0. The van der Waals surface area contributed by atoms with Crippen LogP contribution in [0.2, 0.25) is 0 Å². The molecule has 5 rings (SSSR count). The summed E-state index contributed by atoms with van der Waals surface area (Å²) in [6.45, 7) is 1.41. The van der Waals surface area contributed by atoms with E-state index in [2.05, 4.69) is 22.3 Å². The number of nitrogens with zero attached hydrogens (tertiary/aromatic N) is 2. The molecule has 2 amide bonds. The number of aliphatic hydroxyl groups excluding tert-OH is 1. The Morgan fingerprint density at radius 2 is 1.62 bits per heavy atom. The molecule has 1 heterocycles. The highest BCUT2D eigenvalue weighted by Crippen LogP contribution is 2.45. The van der Waals surface area contributed by atoms with Crippen LogP contribution in [0.15, 0.2) is 72.8 Å². The van der Waals surface area contributed by atoms with E-state index in [1.54, 1.807) is 0 Å². The largest absolute Gasteiger partial charge is 0.392 e. The van der Waals surface area contributed by atoms with Gasteiger partial charge < -0.3 is 20.2 Å². The lowest BCUT2D eigenvalue weighted by Crippen LogP contribution is -2.52. The number of nitrogens with one attached hydrogen (secondary N) is 1. The van der Waals surface area contributed by atoms with Gasteiger partial charge in [-0.05, 0) is 73.8 Å². The number of hydrogen-bond acceptors (Lipinski definition) is 4. The third kappa shape index (κ3) is 5.04. The minimum atomic E-state index is -0.531. The fourth-order valence-corrected chi connectivity index (χ4v) is 5.86. The van der Waals surface area contributed by atoms with Crippen LogP contribution in [0.4, 0.5) is 0 Å². The van der Waals surface area contributed by atoms with Gasteiger partial charge in [-0.3, -0.25) is 9.59 Å². The Labute approximate surface area is 218 Å². The van der Waals surface area contributed by atoms with E-state index in [1.165, 1.54) is 11.1 Å². The van der Waals surface area contributed by atoms with Gasteiger partial charge in [-0.15, -0.1) is 0 Å². The number of amides is 2. The number of fused-ring (bicyclic) bond motifs is 2. The molecule has 0 spiro atoms. The van der Waals surface area contributed by atoms with Crippen molar-refractivity contribution in [3.8, 4) is 0 Å². The monoisotopic (exact) mass is 497 g/mol. The number of hydrogen-bond donors (Lipinski definition) is 2. The van der Waals surface area contributed by atoms with Crippen molar-refractivity contribution in [2.24, 2.45) is 0 Å². The highest BCUT2D eigenvalue weighted by Gasteiger charge is 2.47. The standard InChI is InChI=1S/C31H35N3O3/c1-33(2)17-7-16-32-30(36)28-26-10-5-6-11-27(26)31(37)34(25-18-23-8-3-4-9-24(23)19-25)29(28)22-14-12-21(20-35)13-15-22/h3-6,8-15,25,28-29,35H,7,16-20H2,1-2H3,(H,32,36)/t28-,29+/m1/s1. The van der Waals surface area contributed by atoms with Crippen molar-refractivity contribution in [2.75, 3.05) is 27.2 Å². The van der Waals surface area contributed by atoms with Gasteiger partial charge in [0.2, 0.25) is 5.91 Å². The minimum absolute atomic E-state index is 0.0266. The summed E-state index contributed by atoms with van der Waals surface area (Å²) in [6.07, 6.45) is 2.39. The van der Waals surface area contributed by atoms with Crippen LogP contribution in [0.1, 0.15) is 56.6 Å². The lowest BCUT2D eigenvalue weighted by molar-refractivity contribution is -0.124. The molecule has 0 radical (unpaired) electrons. The van der Waals surface area contributed by atoms with Crippen molar-refractivity contribution >= 4 is 11.8 Å². The van der Waals surface area contributed by atoms with Crippen molar-refractivity contribution in [3.63, 3.8) is 0 Å². The van der Waals surface area contributed by atoms with Gasteiger partial charge in [-0.25, -0.2) is 0 Å². The average molecular weight is 498 g/mol. The Kier molecular flexibility index (Phi) is 7.40. The number of aliphatic hydroxyl groups is 1. The molecular formula is C31H35N3O3. The molecule has 0 fully saturated rings. The fraction of sp³-hybridized carbons (Fsp3) is 0.355. The normalized spacial score (nSPS) is 19.1. The molecule has 1 aliphatic heterocycles. The summed E-state index contributed by atoms with van der Waals surface area (Å²) >= 11 is 0. The number of rotatable bonds is 8. The minimum Gasteiger partial charge on any atom is -0.392 e. The predicted octanol–water partition coefficient (Wildman–Crippen LogP) is 3.69. The zero-order valence-corrected chi connectivity index (χ0v) is 21.6. The van der Waals surface area contributed by atoms with Crippen LogP contribution in [0.25, 0.3) is 0 Å². The summed E-state index contributed by atoms with van der Waals surface area (Å²) in [5, 5.41) is 12.8. The Morgan fingerprint density at radius 1 is 0.973 bits per heavy atom. The third-order valence-corrected chi connectivity index (χ3v) is 7.67. The van der Waals surface area contributed by atoms with Crippen molar-refractivity contribution in [3.05, 3.63) is 106 Å². The van der Waals surface area contributed by atoms with Gasteiger partial charge in [0, 0.05) is 18.2 Å². The van der Waals surface area contributed by atoms with E-state index in [1.807, 2.05) is 79.7 Å². The predicted molar refractivity (Wildman–Crippen MR) is 144 cm³/mol. The SMILES string of the molecule is CN(C)CCCNC(=O)[C@@H]1c2ccccc2C(=O)N(C2Cc3ccccc3C2)[C@H]1c1ccc(CO)cc1. The maximum Gasteiger partial charge on any atom is 0.254 e. The molecule has 6 heteroatoms. The molecule has 0 unspecified atom stereocenters. The highest BCUT2D eigenvalue weighted by atomic mass is 16.3. The molecule has 37 heavy (non-hydrogen) atoms. The maximum absolute atomic E-state index is 14.1. The molecular weight excluding hydrogens is 462 g/mol. The highest BCUT2D eigenvalue weighted by molar-refractivity contribution is 6.01. The van der Waals surface area contributed by atoms with E-state index >= 15 is 0 Å². The van der Waals surface area contributed by atoms with Crippen LogP contribution in [0, 0.1) is 0 Å². The van der Waals surface area contributed by atoms with Crippen LogP contribution in [0.5, 0.6) is 0 Å². The lowest BCUT2D eigenvalue weighted by Gasteiger charge is -2.45. The third-order valence-electron chi connectivity index (χ3n) is 7.67. The van der Waals surface area contributed by atoms with E-state index in [-0.39, 0.29) is 24.5 Å². The maximum atomic E-state index is 14.1. The first-order chi connectivity index (χ1) is 18.0. The second-order valence-electron chi connectivity index (χ2n) is 10.4. The summed E-state index contributed by atoms with van der Waals surface area (Å²) in [5.74, 6) is -0.617. The van der Waals surface area contributed by atoms with E-state index in [0.717, 1.165) is 42.5 Å². The van der Waals surface area contributed by atoms with Gasteiger partial charge in [-0.1, -0.05) is 66.7 Å². The Bertz CT molecular complexity index is 1250. The summed E-state index contributed by atoms with van der Waals surface area (Å²) in [7, 11) is 4.04. The first-order valence-electron chi connectivity index (χ1n) is 13.1. The zero-order chi connectivity index (χ0) is 25.9. The molecule has 0 aromatic heterocycles. The lowest BCUT2D eigenvalue weighted by atomic mass is 9.78. The Morgan fingerprint density at radius 3 is 2.27 bits per heavy atom. The molecule has 2 atom stereocenters. The van der Waals surface area contributed by atoms with E-state index in [9.17, 15) is 14.7 Å². The van der Waals surface area contributed by atoms with Gasteiger partial charge in [-0.2, -0.15) is 0 Å². The molecule has 2 N–H and O–H groups in total. The van der Waals surface area contributed by atoms with Gasteiger partial charge in [0.05, 0.1) is 18.6 Å². The van der Waals surface area contributed by atoms with Crippen molar-refractivity contribution in [1.82, 2.24) is 15.1 Å². The van der Waals surface area contributed by atoms with Crippen LogP contribution < -0.4 is 5.32 Å². The van der Waals surface area contributed by atoms with E-state index in [4.69, 9.17) is 0 Å². The molecule has 192 valence electrons. The second-order valence-corrected chi connectivity index (χ2v) is 10.4. The summed E-state index contributed by atoms with van der Waals surface area (Å²) in [4.78, 5) is 32.1. The van der Waals surface area contributed by atoms with Gasteiger partial charge in [0.1, 0.15) is 0 Å². The Hall–Kier alpha value is -3.48. The second kappa shape index (κ2) is 10.9. The smallest absolute Gasteiger partial charge is 0.254 e. The molecule has 3 aromatic carbocycles. The van der Waals surface area contributed by atoms with Gasteiger partial charge in [0.25, 0.3) is 5.91 Å². The molecule has 0 saturated heterocycles. The molecule has 3 aromatic rings. The summed E-state index contributed by atoms with van der Waals surface area (Å²) in [5.41, 5.74) is 5.62. The van der Waals surface area contributed by atoms with Crippen LogP contribution >= 0.6 is 0 Å². The van der Waals surface area contributed by atoms with Gasteiger partial charge in [0.15, 0.2) is 0 Å². The molecule has 6 nitrogen and oxygen atoms in total. The molecule has 2 aliphatic rings. The van der Waals surface area contributed by atoms with Crippen molar-refractivity contribution in [1.29, 1.82) is 0 Å². The first kappa shape index (κ1) is 25.2. The van der Waals surface area contributed by atoms with E-state index < -0.39 is 12.0 Å². The van der Waals surface area contributed by atoms with E-state index in [0.29, 0.717) is 12.1 Å².